The van der Waals surface area contributed by atoms with Gasteiger partial charge in [0, 0.05) is 31.5 Å². The van der Waals surface area contributed by atoms with Crippen LogP contribution in [0.15, 0.2) is 24.3 Å². The van der Waals surface area contributed by atoms with E-state index in [4.69, 9.17) is 9.47 Å². The topological polar surface area (TPSA) is 59.6 Å². The van der Waals surface area contributed by atoms with Crippen molar-refractivity contribution in [1.82, 2.24) is 5.32 Å². The zero-order valence-electron chi connectivity index (χ0n) is 11.4. The van der Waals surface area contributed by atoms with Gasteiger partial charge in [0.25, 0.3) is 0 Å². The third-order valence-corrected chi connectivity index (χ3v) is 3.14. The Morgan fingerprint density at radius 3 is 2.79 bits per heavy atom. The number of amides is 1. The lowest BCUT2D eigenvalue weighted by Gasteiger charge is -2.38. The number of hydrogen-bond acceptors (Lipinski definition) is 4. The van der Waals surface area contributed by atoms with Crippen molar-refractivity contribution in [2.75, 3.05) is 32.1 Å². The fourth-order valence-corrected chi connectivity index (χ4v) is 1.93. The lowest BCUT2D eigenvalue weighted by atomic mass is 10.0. The Bertz CT molecular complexity index is 444. The summed E-state index contributed by atoms with van der Waals surface area (Å²) >= 11 is 0. The summed E-state index contributed by atoms with van der Waals surface area (Å²) in [6.45, 7) is 4.12. The highest BCUT2D eigenvalue weighted by Crippen LogP contribution is 2.17. The number of benzene rings is 1. The second-order valence-electron chi connectivity index (χ2n) is 4.98. The minimum absolute atomic E-state index is 0.0689. The Hall–Kier alpha value is -1.43. The molecule has 0 unspecified atom stereocenters. The first-order valence-electron chi connectivity index (χ1n) is 6.34. The highest BCUT2D eigenvalue weighted by Gasteiger charge is 2.33. The number of hydrogen-bond donors (Lipinski definition) is 2. The van der Waals surface area contributed by atoms with E-state index in [1.165, 1.54) is 0 Å². The zero-order chi connectivity index (χ0) is 13.7. The van der Waals surface area contributed by atoms with Crippen LogP contribution in [0.3, 0.4) is 0 Å². The Morgan fingerprint density at radius 2 is 2.16 bits per heavy atom. The molecule has 0 radical (unpaired) electrons. The lowest BCUT2D eigenvalue weighted by Crippen LogP contribution is -2.59. The van der Waals surface area contributed by atoms with Gasteiger partial charge in [0.1, 0.15) is 6.61 Å². The van der Waals surface area contributed by atoms with Gasteiger partial charge in [0.2, 0.25) is 5.91 Å². The summed E-state index contributed by atoms with van der Waals surface area (Å²) in [6.07, 6.45) is 0. The average molecular weight is 264 g/mol. The molecule has 0 atom stereocenters. The molecule has 2 N–H and O–H groups in total. The number of carbonyl (C=O) groups excluding carboxylic acids is 1. The summed E-state index contributed by atoms with van der Waals surface area (Å²) in [5, 5.41) is 5.98. The van der Waals surface area contributed by atoms with E-state index in [-0.39, 0.29) is 18.1 Å². The van der Waals surface area contributed by atoms with E-state index in [2.05, 4.69) is 10.6 Å². The molecule has 0 aromatic heterocycles. The number of rotatable bonds is 6. The number of para-hydroxylation sites is 1. The van der Waals surface area contributed by atoms with Crippen molar-refractivity contribution >= 4 is 11.6 Å². The molecular weight excluding hydrogens is 244 g/mol. The van der Waals surface area contributed by atoms with Gasteiger partial charge in [-0.3, -0.25) is 4.79 Å². The summed E-state index contributed by atoms with van der Waals surface area (Å²) < 4.78 is 10.7. The number of anilines is 1. The molecule has 0 spiro atoms. The van der Waals surface area contributed by atoms with E-state index in [0.717, 1.165) is 24.3 Å². The second-order valence-corrected chi connectivity index (χ2v) is 4.98. The van der Waals surface area contributed by atoms with Gasteiger partial charge < -0.3 is 20.1 Å². The molecular formula is C14H20N2O3. The molecule has 1 heterocycles. The van der Waals surface area contributed by atoms with Crippen LogP contribution in [0, 0.1) is 0 Å². The molecule has 1 aliphatic rings. The molecule has 1 fully saturated rings. The molecule has 0 saturated carbocycles. The number of methoxy groups -OCH3 is 1. The zero-order valence-corrected chi connectivity index (χ0v) is 11.4. The Balaban J connectivity index is 1.87. The van der Waals surface area contributed by atoms with Gasteiger partial charge in [-0.15, -0.1) is 0 Å². The van der Waals surface area contributed by atoms with E-state index >= 15 is 0 Å². The first kappa shape index (κ1) is 14.0. The average Bonchev–Trinajstić information content (AvgIpc) is 2.37. The summed E-state index contributed by atoms with van der Waals surface area (Å²) in [5.41, 5.74) is 1.52. The van der Waals surface area contributed by atoms with Crippen LogP contribution in [0.4, 0.5) is 5.69 Å². The molecule has 1 aromatic carbocycles. The number of ether oxygens (including phenoxy) is 2. The van der Waals surface area contributed by atoms with Crippen LogP contribution >= 0.6 is 0 Å². The fourth-order valence-electron chi connectivity index (χ4n) is 1.93. The molecule has 1 saturated heterocycles. The van der Waals surface area contributed by atoms with Crippen LogP contribution < -0.4 is 10.6 Å². The van der Waals surface area contributed by atoms with Crippen molar-refractivity contribution < 1.29 is 14.3 Å². The minimum Gasteiger partial charge on any atom is -0.380 e. The van der Waals surface area contributed by atoms with E-state index in [1.54, 1.807) is 7.11 Å². The first-order valence-corrected chi connectivity index (χ1v) is 6.34. The smallest absolute Gasteiger partial charge is 0.250 e. The van der Waals surface area contributed by atoms with Gasteiger partial charge in [0.15, 0.2) is 0 Å². The highest BCUT2D eigenvalue weighted by molar-refractivity contribution is 5.92. The molecule has 19 heavy (non-hydrogen) atoms. The normalized spacial score (nSPS) is 16.7. The summed E-state index contributed by atoms with van der Waals surface area (Å²) in [7, 11) is 1.63. The van der Waals surface area contributed by atoms with Gasteiger partial charge in [-0.1, -0.05) is 18.2 Å². The van der Waals surface area contributed by atoms with Gasteiger partial charge in [-0.05, 0) is 13.0 Å². The van der Waals surface area contributed by atoms with Crippen molar-refractivity contribution in [3.63, 3.8) is 0 Å². The summed E-state index contributed by atoms with van der Waals surface area (Å²) in [5.74, 6) is -0.142. The van der Waals surface area contributed by atoms with Crippen molar-refractivity contribution in [2.24, 2.45) is 0 Å². The van der Waals surface area contributed by atoms with E-state index < -0.39 is 0 Å². The van der Waals surface area contributed by atoms with Gasteiger partial charge >= 0.3 is 0 Å². The van der Waals surface area contributed by atoms with E-state index in [9.17, 15) is 4.79 Å². The van der Waals surface area contributed by atoms with Crippen molar-refractivity contribution in [3.05, 3.63) is 29.8 Å². The fraction of sp³-hybridized carbons (Fsp3) is 0.500. The van der Waals surface area contributed by atoms with Crippen LogP contribution in [0.1, 0.15) is 12.5 Å². The second kappa shape index (κ2) is 6.14. The van der Waals surface area contributed by atoms with Crippen LogP contribution in [0.25, 0.3) is 0 Å². The van der Waals surface area contributed by atoms with E-state index in [1.807, 2.05) is 31.2 Å². The van der Waals surface area contributed by atoms with Crippen molar-refractivity contribution in [1.29, 1.82) is 0 Å². The molecule has 0 bridgehead atoms. The molecule has 1 aliphatic heterocycles. The molecule has 1 aromatic rings. The number of carbonyl (C=O) groups is 1. The van der Waals surface area contributed by atoms with Crippen molar-refractivity contribution in [3.8, 4) is 0 Å². The maximum atomic E-state index is 11.9. The Kier molecular flexibility index (Phi) is 4.52. The Morgan fingerprint density at radius 1 is 1.42 bits per heavy atom. The molecule has 1 amide bonds. The van der Waals surface area contributed by atoms with Gasteiger partial charge in [-0.2, -0.15) is 0 Å². The van der Waals surface area contributed by atoms with Crippen LogP contribution in [0.2, 0.25) is 0 Å². The molecule has 104 valence electrons. The molecule has 5 nitrogen and oxygen atoms in total. The predicted octanol–water partition coefficient (Wildman–Crippen LogP) is 1.15. The van der Waals surface area contributed by atoms with Gasteiger partial charge in [0.05, 0.1) is 12.2 Å². The quantitative estimate of drug-likeness (QED) is 0.809. The third kappa shape index (κ3) is 3.76. The number of nitrogens with one attached hydrogen (secondary N) is 2. The van der Waals surface area contributed by atoms with Crippen LogP contribution in [-0.4, -0.2) is 38.3 Å². The molecule has 0 aliphatic carbocycles. The van der Waals surface area contributed by atoms with Gasteiger partial charge in [-0.25, -0.2) is 0 Å². The third-order valence-electron chi connectivity index (χ3n) is 3.14. The maximum absolute atomic E-state index is 11.9. The molecule has 5 heteroatoms. The summed E-state index contributed by atoms with van der Waals surface area (Å²) in [6, 6.07) is 7.59. The summed E-state index contributed by atoms with van der Waals surface area (Å²) in [4.78, 5) is 11.9. The SMILES string of the molecule is COCc1ccccc1NC(=O)COC1(C)CNC1. The van der Waals surface area contributed by atoms with E-state index in [0.29, 0.717) is 6.61 Å². The predicted molar refractivity (Wildman–Crippen MR) is 73.0 cm³/mol. The standard InChI is InChI=1S/C14H20N2O3/c1-14(9-15-10-14)19-8-13(17)16-12-6-4-3-5-11(12)7-18-2/h3-6,15H,7-10H2,1-2H3,(H,16,17). The Labute approximate surface area is 113 Å². The van der Waals surface area contributed by atoms with Crippen LogP contribution in [-0.2, 0) is 20.9 Å². The minimum atomic E-state index is -0.205. The van der Waals surface area contributed by atoms with Crippen LogP contribution in [0.5, 0.6) is 0 Å². The monoisotopic (exact) mass is 264 g/mol. The molecule has 2 rings (SSSR count). The largest absolute Gasteiger partial charge is 0.380 e. The van der Waals surface area contributed by atoms with Crippen molar-refractivity contribution in [2.45, 2.75) is 19.1 Å². The first-order chi connectivity index (χ1) is 9.13. The highest BCUT2D eigenvalue weighted by atomic mass is 16.5. The maximum Gasteiger partial charge on any atom is 0.250 e. The lowest BCUT2D eigenvalue weighted by molar-refractivity contribution is -0.130.